The van der Waals surface area contributed by atoms with Gasteiger partial charge in [-0.15, -0.1) is 0 Å². The molecule has 1 atom stereocenters. The molecule has 3 rings (SSSR count). The predicted molar refractivity (Wildman–Crippen MR) is 110 cm³/mol. The maximum atomic E-state index is 14.5. The van der Waals surface area contributed by atoms with Crippen molar-refractivity contribution in [3.63, 3.8) is 0 Å². The number of halogens is 1. The average molecular weight is 412 g/mol. The number of hydrogen-bond donors (Lipinski definition) is 1. The lowest BCUT2D eigenvalue weighted by Crippen LogP contribution is -2.48. The van der Waals surface area contributed by atoms with Crippen LogP contribution in [0.15, 0.2) is 59.8 Å². The molecule has 1 aliphatic rings. The summed E-state index contributed by atoms with van der Waals surface area (Å²) in [5.74, 6) is -0.532. The normalized spacial score (nSPS) is 16.3. The number of urea groups is 1. The summed E-state index contributed by atoms with van der Waals surface area (Å²) >= 11 is 0. The number of rotatable bonds is 7. The average Bonchev–Trinajstić information content (AvgIpc) is 2.75. The molecule has 0 fully saturated rings. The molecule has 0 bridgehead atoms. The number of hydrogen-bond acceptors (Lipinski definition) is 4. The van der Waals surface area contributed by atoms with Crippen LogP contribution in [0.3, 0.4) is 0 Å². The lowest BCUT2D eigenvalue weighted by molar-refractivity contribution is -0.139. The molecule has 0 spiro atoms. The van der Waals surface area contributed by atoms with Gasteiger partial charge in [-0.2, -0.15) is 0 Å². The Hall–Kier alpha value is -3.35. The van der Waals surface area contributed by atoms with E-state index in [1.807, 2.05) is 25.1 Å². The number of carbonyl (C=O) groups excluding carboxylic acids is 2. The number of ether oxygens (including phenoxy) is 2. The molecule has 2 aromatic carbocycles. The Kier molecular flexibility index (Phi) is 6.72. The van der Waals surface area contributed by atoms with Crippen molar-refractivity contribution in [2.24, 2.45) is 0 Å². The van der Waals surface area contributed by atoms with Crippen LogP contribution in [-0.4, -0.2) is 37.2 Å². The zero-order valence-electron chi connectivity index (χ0n) is 17.3. The molecule has 2 amide bonds. The van der Waals surface area contributed by atoms with Crippen LogP contribution >= 0.6 is 0 Å². The monoisotopic (exact) mass is 412 g/mol. The van der Waals surface area contributed by atoms with E-state index in [-0.39, 0.29) is 24.4 Å². The van der Waals surface area contributed by atoms with Crippen LogP contribution in [0.2, 0.25) is 0 Å². The fourth-order valence-corrected chi connectivity index (χ4v) is 3.33. The minimum Gasteiger partial charge on any atom is -0.487 e. The highest BCUT2D eigenvalue weighted by atomic mass is 19.1. The van der Waals surface area contributed by atoms with Gasteiger partial charge in [-0.1, -0.05) is 37.3 Å². The van der Waals surface area contributed by atoms with E-state index in [0.717, 1.165) is 12.0 Å². The highest BCUT2D eigenvalue weighted by Gasteiger charge is 2.38. The van der Waals surface area contributed by atoms with E-state index in [1.165, 1.54) is 24.1 Å². The number of esters is 1. The van der Waals surface area contributed by atoms with Gasteiger partial charge in [-0.3, -0.25) is 4.90 Å². The summed E-state index contributed by atoms with van der Waals surface area (Å²) < 4.78 is 25.6. The summed E-state index contributed by atoms with van der Waals surface area (Å²) in [6.45, 7) is 3.83. The lowest BCUT2D eigenvalue weighted by atomic mass is 9.94. The van der Waals surface area contributed by atoms with E-state index >= 15 is 0 Å². The number of benzene rings is 2. The number of aryl methyl sites for hydroxylation is 1. The van der Waals surface area contributed by atoms with E-state index in [2.05, 4.69) is 5.32 Å². The van der Waals surface area contributed by atoms with Crippen LogP contribution in [0.4, 0.5) is 9.18 Å². The summed E-state index contributed by atoms with van der Waals surface area (Å²) in [5.41, 5.74) is 1.77. The molecule has 0 saturated heterocycles. The SMILES string of the molecule is CCOC(=O)C1=C(COc2cccc(CC)c2)N(C)C(=O)N[C@H]1c1ccccc1F. The zero-order valence-corrected chi connectivity index (χ0v) is 17.3. The number of carbonyl (C=O) groups is 2. The summed E-state index contributed by atoms with van der Waals surface area (Å²) in [6.07, 6.45) is 0.853. The molecular weight excluding hydrogens is 387 g/mol. The van der Waals surface area contributed by atoms with Crippen molar-refractivity contribution < 1.29 is 23.5 Å². The van der Waals surface area contributed by atoms with Crippen molar-refractivity contribution in [2.75, 3.05) is 20.3 Å². The van der Waals surface area contributed by atoms with Crippen LogP contribution in [0.25, 0.3) is 0 Å². The summed E-state index contributed by atoms with van der Waals surface area (Å²) in [7, 11) is 1.54. The third-order valence-corrected chi connectivity index (χ3v) is 4.97. The minimum atomic E-state index is -0.977. The smallest absolute Gasteiger partial charge is 0.338 e. The van der Waals surface area contributed by atoms with E-state index in [0.29, 0.717) is 11.4 Å². The van der Waals surface area contributed by atoms with E-state index < -0.39 is 23.9 Å². The Labute approximate surface area is 175 Å². The number of amides is 2. The molecule has 1 heterocycles. The Morgan fingerprint density at radius 2 is 1.93 bits per heavy atom. The molecule has 0 aliphatic carbocycles. The van der Waals surface area contributed by atoms with Gasteiger partial charge in [-0.05, 0) is 37.1 Å². The molecule has 0 unspecified atom stereocenters. The van der Waals surface area contributed by atoms with Gasteiger partial charge in [-0.25, -0.2) is 14.0 Å². The standard InChI is InChI=1S/C23H25FN2O4/c1-4-15-9-8-10-16(13-15)30-14-19-20(22(27)29-5-2)21(25-23(28)26(19)3)17-11-6-7-12-18(17)24/h6-13,21H,4-5,14H2,1-3H3,(H,25,28)/t21-/m0/s1. The largest absolute Gasteiger partial charge is 0.487 e. The number of nitrogens with zero attached hydrogens (tertiary/aromatic N) is 1. The van der Waals surface area contributed by atoms with Crippen LogP contribution in [0.5, 0.6) is 5.75 Å². The third kappa shape index (κ3) is 4.45. The highest BCUT2D eigenvalue weighted by Crippen LogP contribution is 2.32. The molecule has 0 saturated carbocycles. The third-order valence-electron chi connectivity index (χ3n) is 4.97. The van der Waals surface area contributed by atoms with Gasteiger partial charge in [0, 0.05) is 12.6 Å². The van der Waals surface area contributed by atoms with Crippen LogP contribution in [-0.2, 0) is 16.0 Å². The van der Waals surface area contributed by atoms with Gasteiger partial charge in [0.15, 0.2) is 0 Å². The van der Waals surface area contributed by atoms with Gasteiger partial charge in [0.25, 0.3) is 0 Å². The first-order chi connectivity index (χ1) is 14.5. The van der Waals surface area contributed by atoms with Crippen molar-refractivity contribution in [3.05, 3.63) is 76.7 Å². The second-order valence-electron chi connectivity index (χ2n) is 6.83. The van der Waals surface area contributed by atoms with Crippen molar-refractivity contribution in [1.29, 1.82) is 0 Å². The fraction of sp³-hybridized carbons (Fsp3) is 0.304. The van der Waals surface area contributed by atoms with E-state index in [1.54, 1.807) is 25.1 Å². The van der Waals surface area contributed by atoms with Gasteiger partial charge in [0.2, 0.25) is 0 Å². The van der Waals surface area contributed by atoms with Crippen molar-refractivity contribution in [2.45, 2.75) is 26.3 Å². The predicted octanol–water partition coefficient (Wildman–Crippen LogP) is 3.98. The quantitative estimate of drug-likeness (QED) is 0.699. The Morgan fingerprint density at radius 3 is 2.63 bits per heavy atom. The zero-order chi connectivity index (χ0) is 21.7. The fourth-order valence-electron chi connectivity index (χ4n) is 3.33. The van der Waals surface area contributed by atoms with Gasteiger partial charge in [0.05, 0.1) is 23.9 Å². The second kappa shape index (κ2) is 9.43. The Morgan fingerprint density at radius 1 is 1.17 bits per heavy atom. The first kappa shape index (κ1) is 21.4. The number of likely N-dealkylation sites (N-methyl/N-ethyl adjacent to an activating group) is 1. The Bertz CT molecular complexity index is 973. The second-order valence-corrected chi connectivity index (χ2v) is 6.83. The molecule has 0 aromatic heterocycles. The molecule has 0 radical (unpaired) electrons. The molecule has 2 aromatic rings. The van der Waals surface area contributed by atoms with Crippen molar-refractivity contribution in [3.8, 4) is 5.75 Å². The maximum absolute atomic E-state index is 14.5. The first-order valence-electron chi connectivity index (χ1n) is 9.86. The van der Waals surface area contributed by atoms with Crippen molar-refractivity contribution >= 4 is 12.0 Å². The summed E-state index contributed by atoms with van der Waals surface area (Å²) in [6, 6.07) is 12.2. The molecule has 158 valence electrons. The maximum Gasteiger partial charge on any atom is 0.338 e. The molecular formula is C23H25FN2O4. The summed E-state index contributed by atoms with van der Waals surface area (Å²) in [5, 5.41) is 2.69. The van der Waals surface area contributed by atoms with Crippen LogP contribution in [0.1, 0.15) is 31.0 Å². The highest BCUT2D eigenvalue weighted by molar-refractivity contribution is 5.95. The first-order valence-corrected chi connectivity index (χ1v) is 9.86. The topological polar surface area (TPSA) is 67.9 Å². The van der Waals surface area contributed by atoms with Gasteiger partial charge < -0.3 is 14.8 Å². The minimum absolute atomic E-state index is 0.0454. The van der Waals surface area contributed by atoms with Crippen molar-refractivity contribution in [1.82, 2.24) is 10.2 Å². The van der Waals surface area contributed by atoms with Crippen LogP contribution < -0.4 is 10.1 Å². The van der Waals surface area contributed by atoms with Gasteiger partial charge in [0.1, 0.15) is 18.2 Å². The van der Waals surface area contributed by atoms with E-state index in [4.69, 9.17) is 9.47 Å². The molecule has 6 nitrogen and oxygen atoms in total. The van der Waals surface area contributed by atoms with Crippen LogP contribution in [0, 0.1) is 5.82 Å². The summed E-state index contributed by atoms with van der Waals surface area (Å²) in [4.78, 5) is 26.7. The molecule has 7 heteroatoms. The lowest BCUT2D eigenvalue weighted by Gasteiger charge is -2.34. The van der Waals surface area contributed by atoms with Gasteiger partial charge >= 0.3 is 12.0 Å². The number of nitrogens with one attached hydrogen (secondary N) is 1. The Balaban J connectivity index is 2.03. The van der Waals surface area contributed by atoms with E-state index in [9.17, 15) is 14.0 Å². The molecule has 1 N–H and O–H groups in total. The molecule has 1 aliphatic heterocycles. The molecule has 30 heavy (non-hydrogen) atoms.